The molecular weight excluding hydrogens is 336 g/mol. The normalized spacial score (nSPS) is 15.3. The van der Waals surface area contributed by atoms with Gasteiger partial charge in [0.25, 0.3) is 0 Å². The summed E-state index contributed by atoms with van der Waals surface area (Å²) in [5, 5.41) is 14.2. The smallest absolute Gasteiger partial charge is 0.341 e. The predicted octanol–water partition coefficient (Wildman–Crippen LogP) is 1.50. The summed E-state index contributed by atoms with van der Waals surface area (Å²) in [6, 6.07) is 6.51. The van der Waals surface area contributed by atoms with Gasteiger partial charge in [-0.15, -0.1) is 0 Å². The summed E-state index contributed by atoms with van der Waals surface area (Å²) in [6.45, 7) is 1.77. The highest BCUT2D eigenvalue weighted by Crippen LogP contribution is 2.24. The molecule has 1 aliphatic carbocycles. The van der Waals surface area contributed by atoms with Crippen LogP contribution in [0.5, 0.6) is 5.75 Å². The Labute approximate surface area is 153 Å². The number of carbonyl (C=O) groups is 3. The van der Waals surface area contributed by atoms with E-state index >= 15 is 0 Å². The van der Waals surface area contributed by atoms with Gasteiger partial charge in [-0.1, -0.05) is 25.0 Å². The van der Waals surface area contributed by atoms with E-state index in [0.717, 1.165) is 31.2 Å². The highest BCUT2D eigenvalue weighted by molar-refractivity contribution is 5.88. The number of ether oxygens (including phenoxy) is 1. The minimum absolute atomic E-state index is 0.0258. The number of amides is 2. The largest absolute Gasteiger partial charge is 0.482 e. The summed E-state index contributed by atoms with van der Waals surface area (Å²) in [7, 11) is 0. The van der Waals surface area contributed by atoms with Gasteiger partial charge in [0.05, 0.1) is 0 Å². The Kier molecular flexibility index (Phi) is 7.44. The Morgan fingerprint density at radius 1 is 1.19 bits per heavy atom. The fourth-order valence-electron chi connectivity index (χ4n) is 2.97. The zero-order valence-electron chi connectivity index (χ0n) is 15.0. The highest BCUT2D eigenvalue weighted by Gasteiger charge is 2.25. The van der Waals surface area contributed by atoms with Crippen molar-refractivity contribution in [3.8, 4) is 5.75 Å². The van der Waals surface area contributed by atoms with Crippen LogP contribution in [0.3, 0.4) is 0 Å². The van der Waals surface area contributed by atoms with Crippen molar-refractivity contribution in [1.82, 2.24) is 10.6 Å². The van der Waals surface area contributed by atoms with Crippen molar-refractivity contribution >= 4 is 17.8 Å². The summed E-state index contributed by atoms with van der Waals surface area (Å²) in [4.78, 5) is 34.6. The minimum atomic E-state index is -1.02. The van der Waals surface area contributed by atoms with Gasteiger partial charge in [0.15, 0.2) is 6.61 Å². The molecule has 1 saturated carbocycles. The van der Waals surface area contributed by atoms with Crippen LogP contribution in [0.4, 0.5) is 0 Å². The summed E-state index contributed by atoms with van der Waals surface area (Å²) in [6.07, 6.45) is 4.62. The summed E-state index contributed by atoms with van der Waals surface area (Å²) >= 11 is 0. The van der Waals surface area contributed by atoms with Crippen LogP contribution in [0, 0.1) is 5.92 Å². The number of hydrogen-bond donors (Lipinski definition) is 3. The third kappa shape index (κ3) is 6.38. The molecular formula is C19H26N2O5. The lowest BCUT2D eigenvalue weighted by atomic mass is 10.1. The van der Waals surface area contributed by atoms with Crippen LogP contribution in [-0.2, 0) is 20.8 Å². The molecule has 26 heavy (non-hydrogen) atoms. The second kappa shape index (κ2) is 9.79. The number of aliphatic carboxylic acids is 1. The van der Waals surface area contributed by atoms with Crippen molar-refractivity contribution < 1.29 is 24.2 Å². The minimum Gasteiger partial charge on any atom is -0.482 e. The lowest BCUT2D eigenvalue weighted by Gasteiger charge is -2.16. The third-order valence-electron chi connectivity index (χ3n) is 4.48. The first-order valence-electron chi connectivity index (χ1n) is 8.97. The molecule has 0 aliphatic heterocycles. The molecule has 1 unspecified atom stereocenters. The van der Waals surface area contributed by atoms with Gasteiger partial charge in [0.2, 0.25) is 11.8 Å². The zero-order chi connectivity index (χ0) is 18.9. The van der Waals surface area contributed by atoms with E-state index in [0.29, 0.717) is 18.7 Å². The Morgan fingerprint density at radius 2 is 1.85 bits per heavy atom. The summed E-state index contributed by atoms with van der Waals surface area (Å²) in [5.74, 6) is -0.707. The molecule has 1 aliphatic rings. The van der Waals surface area contributed by atoms with Crippen molar-refractivity contribution in [3.63, 3.8) is 0 Å². The number of benzene rings is 1. The first-order valence-corrected chi connectivity index (χ1v) is 8.97. The molecule has 1 fully saturated rings. The Balaban J connectivity index is 1.68. The molecule has 1 aromatic rings. The standard InChI is InChI=1S/C19H26N2O5/c1-13(21-19(25)15-4-2-3-5-15)18(24)20-11-10-14-6-8-16(9-7-14)26-12-17(22)23/h6-9,13,15H,2-5,10-12H2,1H3,(H,20,24)(H,21,25)(H,22,23). The van der Waals surface area contributed by atoms with Gasteiger partial charge in [-0.3, -0.25) is 9.59 Å². The molecule has 2 rings (SSSR count). The number of rotatable bonds is 9. The fraction of sp³-hybridized carbons (Fsp3) is 0.526. The van der Waals surface area contributed by atoms with E-state index in [1.807, 2.05) is 12.1 Å². The van der Waals surface area contributed by atoms with Gasteiger partial charge < -0.3 is 20.5 Å². The predicted molar refractivity (Wildman–Crippen MR) is 95.8 cm³/mol. The zero-order valence-corrected chi connectivity index (χ0v) is 15.0. The van der Waals surface area contributed by atoms with Gasteiger partial charge in [0.1, 0.15) is 11.8 Å². The molecule has 0 aromatic heterocycles. The second-order valence-electron chi connectivity index (χ2n) is 6.58. The van der Waals surface area contributed by atoms with Crippen LogP contribution in [0.2, 0.25) is 0 Å². The molecule has 0 heterocycles. The van der Waals surface area contributed by atoms with Crippen LogP contribution >= 0.6 is 0 Å². The van der Waals surface area contributed by atoms with Crippen LogP contribution in [0.25, 0.3) is 0 Å². The Hall–Kier alpha value is -2.57. The average molecular weight is 362 g/mol. The maximum Gasteiger partial charge on any atom is 0.341 e. The second-order valence-corrected chi connectivity index (χ2v) is 6.58. The van der Waals surface area contributed by atoms with Crippen LogP contribution in [-0.4, -0.2) is 42.1 Å². The number of carboxylic acids is 1. The third-order valence-corrected chi connectivity index (χ3v) is 4.48. The Morgan fingerprint density at radius 3 is 2.46 bits per heavy atom. The monoisotopic (exact) mass is 362 g/mol. The molecule has 7 nitrogen and oxygen atoms in total. The quantitative estimate of drug-likeness (QED) is 0.617. The van der Waals surface area contributed by atoms with Gasteiger partial charge in [-0.05, 0) is 43.9 Å². The van der Waals surface area contributed by atoms with Crippen molar-refractivity contribution in [2.45, 2.75) is 45.1 Å². The first-order chi connectivity index (χ1) is 12.5. The van der Waals surface area contributed by atoms with Gasteiger partial charge in [-0.2, -0.15) is 0 Å². The molecule has 1 atom stereocenters. The van der Waals surface area contributed by atoms with E-state index in [9.17, 15) is 14.4 Å². The number of nitrogens with one attached hydrogen (secondary N) is 2. The molecule has 0 bridgehead atoms. The fourth-order valence-corrected chi connectivity index (χ4v) is 2.97. The molecule has 3 N–H and O–H groups in total. The van der Waals surface area contributed by atoms with E-state index in [-0.39, 0.29) is 24.3 Å². The molecule has 0 spiro atoms. The van der Waals surface area contributed by atoms with Crippen molar-refractivity contribution in [2.75, 3.05) is 13.2 Å². The first kappa shape index (κ1) is 19.8. The van der Waals surface area contributed by atoms with E-state index in [1.54, 1.807) is 19.1 Å². The number of hydrogen-bond acceptors (Lipinski definition) is 4. The van der Waals surface area contributed by atoms with Crippen molar-refractivity contribution in [2.24, 2.45) is 5.92 Å². The molecule has 0 radical (unpaired) electrons. The van der Waals surface area contributed by atoms with Crippen LogP contribution in [0.1, 0.15) is 38.2 Å². The van der Waals surface area contributed by atoms with Gasteiger partial charge >= 0.3 is 5.97 Å². The SMILES string of the molecule is CC(NC(=O)C1CCCC1)C(=O)NCCc1ccc(OCC(=O)O)cc1. The van der Waals surface area contributed by atoms with Crippen molar-refractivity contribution in [1.29, 1.82) is 0 Å². The lowest BCUT2D eigenvalue weighted by molar-refractivity contribution is -0.139. The van der Waals surface area contributed by atoms with Crippen LogP contribution < -0.4 is 15.4 Å². The number of carbonyl (C=O) groups excluding carboxylic acids is 2. The molecule has 0 saturated heterocycles. The van der Waals surface area contributed by atoms with Gasteiger partial charge in [0, 0.05) is 12.5 Å². The molecule has 1 aromatic carbocycles. The van der Waals surface area contributed by atoms with Crippen molar-refractivity contribution in [3.05, 3.63) is 29.8 Å². The molecule has 2 amide bonds. The number of carboxylic acid groups (broad SMARTS) is 1. The molecule has 7 heteroatoms. The van der Waals surface area contributed by atoms with E-state index in [4.69, 9.17) is 9.84 Å². The maximum absolute atomic E-state index is 12.1. The highest BCUT2D eigenvalue weighted by atomic mass is 16.5. The summed E-state index contributed by atoms with van der Waals surface area (Å²) < 4.78 is 5.07. The molecule has 142 valence electrons. The van der Waals surface area contributed by atoms with E-state index in [2.05, 4.69) is 10.6 Å². The lowest BCUT2D eigenvalue weighted by Crippen LogP contribution is -2.46. The maximum atomic E-state index is 12.1. The van der Waals surface area contributed by atoms with Gasteiger partial charge in [-0.25, -0.2) is 4.79 Å². The van der Waals surface area contributed by atoms with Crippen LogP contribution in [0.15, 0.2) is 24.3 Å². The average Bonchev–Trinajstić information content (AvgIpc) is 3.15. The van der Waals surface area contributed by atoms with E-state index in [1.165, 1.54) is 0 Å². The summed E-state index contributed by atoms with van der Waals surface area (Å²) in [5.41, 5.74) is 0.996. The van der Waals surface area contributed by atoms with E-state index < -0.39 is 12.0 Å². The Bertz CT molecular complexity index is 623. The topological polar surface area (TPSA) is 105 Å².